The maximum absolute atomic E-state index is 4.08. The minimum Gasteiger partial charge on any atom is -0.312 e. The highest BCUT2D eigenvalue weighted by atomic mass is 15.1. The lowest BCUT2D eigenvalue weighted by atomic mass is 9.98. The van der Waals surface area contributed by atoms with Gasteiger partial charge in [0.2, 0.25) is 0 Å². The molecule has 0 spiro atoms. The summed E-state index contributed by atoms with van der Waals surface area (Å²) in [4.78, 5) is 6.52. The van der Waals surface area contributed by atoms with Crippen LogP contribution in [0.4, 0.5) is 0 Å². The topological polar surface area (TPSA) is 33.1 Å². The summed E-state index contributed by atoms with van der Waals surface area (Å²) in [5, 5.41) is 3.60. The Morgan fingerprint density at radius 1 is 1.29 bits per heavy atom. The summed E-state index contributed by atoms with van der Waals surface area (Å²) in [6, 6.07) is 8.67. The van der Waals surface area contributed by atoms with Crippen molar-refractivity contribution >= 4 is 0 Å². The molecular weight excluding hydrogens is 260 g/mol. The maximum Gasteiger partial charge on any atom is 0.0991 e. The van der Waals surface area contributed by atoms with Crippen LogP contribution in [-0.2, 0) is 6.54 Å². The molecular formula is C17H24N4. The van der Waals surface area contributed by atoms with Gasteiger partial charge in [-0.05, 0) is 56.6 Å². The van der Waals surface area contributed by atoms with Crippen LogP contribution in [-0.4, -0.2) is 41.1 Å². The van der Waals surface area contributed by atoms with E-state index in [0.29, 0.717) is 0 Å². The number of aromatic nitrogens is 2. The fourth-order valence-corrected chi connectivity index (χ4v) is 3.06. The Hall–Kier alpha value is -1.65. The molecule has 1 unspecified atom stereocenters. The van der Waals surface area contributed by atoms with Crippen molar-refractivity contribution in [2.24, 2.45) is 5.92 Å². The Morgan fingerprint density at radius 2 is 2.14 bits per heavy atom. The Bertz CT molecular complexity index is 532. The van der Waals surface area contributed by atoms with Gasteiger partial charge in [-0.1, -0.05) is 12.1 Å². The Kier molecular flexibility index (Phi) is 4.68. The SMILES string of the molecule is CN1CCCC(CNCc2ccc(-n3ccnc3)cc2)C1. The molecule has 0 aliphatic carbocycles. The van der Waals surface area contributed by atoms with Crippen molar-refractivity contribution in [1.29, 1.82) is 0 Å². The lowest BCUT2D eigenvalue weighted by Crippen LogP contribution is -2.37. The normalized spacial score (nSPS) is 19.8. The highest BCUT2D eigenvalue weighted by molar-refractivity contribution is 5.34. The highest BCUT2D eigenvalue weighted by Crippen LogP contribution is 2.14. The van der Waals surface area contributed by atoms with Crippen LogP contribution in [0.25, 0.3) is 5.69 Å². The summed E-state index contributed by atoms with van der Waals surface area (Å²) < 4.78 is 2.02. The van der Waals surface area contributed by atoms with E-state index in [4.69, 9.17) is 0 Å². The van der Waals surface area contributed by atoms with Crippen molar-refractivity contribution in [2.75, 3.05) is 26.7 Å². The molecule has 3 rings (SSSR count). The van der Waals surface area contributed by atoms with E-state index in [-0.39, 0.29) is 0 Å². The van der Waals surface area contributed by atoms with E-state index in [2.05, 4.69) is 46.5 Å². The molecule has 21 heavy (non-hydrogen) atoms. The standard InChI is InChI=1S/C17H24N4/c1-20-9-2-3-16(13-20)12-19-11-15-4-6-17(7-5-15)21-10-8-18-14-21/h4-8,10,14,16,19H,2-3,9,11-13H2,1H3. The van der Waals surface area contributed by atoms with Crippen LogP contribution in [0.15, 0.2) is 43.0 Å². The van der Waals surface area contributed by atoms with Crippen LogP contribution < -0.4 is 5.32 Å². The molecule has 112 valence electrons. The Labute approximate surface area is 126 Å². The number of hydrogen-bond acceptors (Lipinski definition) is 3. The summed E-state index contributed by atoms with van der Waals surface area (Å²) >= 11 is 0. The first-order chi connectivity index (χ1) is 10.3. The number of hydrogen-bond donors (Lipinski definition) is 1. The summed E-state index contributed by atoms with van der Waals surface area (Å²) in [6.07, 6.45) is 8.29. The van der Waals surface area contributed by atoms with Crippen molar-refractivity contribution in [3.63, 3.8) is 0 Å². The van der Waals surface area contributed by atoms with E-state index in [1.807, 2.05) is 17.1 Å². The van der Waals surface area contributed by atoms with Gasteiger partial charge in [-0.25, -0.2) is 4.98 Å². The zero-order valence-corrected chi connectivity index (χ0v) is 12.7. The number of nitrogens with one attached hydrogen (secondary N) is 1. The number of likely N-dealkylation sites (tertiary alicyclic amines) is 1. The minimum atomic E-state index is 0.800. The molecule has 1 aliphatic rings. The molecule has 0 saturated carbocycles. The van der Waals surface area contributed by atoms with Crippen molar-refractivity contribution in [3.05, 3.63) is 48.5 Å². The van der Waals surface area contributed by atoms with Gasteiger partial charge in [-0.3, -0.25) is 0 Å². The zero-order chi connectivity index (χ0) is 14.5. The predicted molar refractivity (Wildman–Crippen MR) is 85.5 cm³/mol. The van der Waals surface area contributed by atoms with E-state index in [1.54, 1.807) is 6.20 Å². The van der Waals surface area contributed by atoms with Crippen LogP contribution in [0.3, 0.4) is 0 Å². The zero-order valence-electron chi connectivity index (χ0n) is 12.7. The van der Waals surface area contributed by atoms with E-state index in [0.717, 1.165) is 24.7 Å². The van der Waals surface area contributed by atoms with Crippen molar-refractivity contribution in [1.82, 2.24) is 19.8 Å². The van der Waals surface area contributed by atoms with E-state index >= 15 is 0 Å². The van der Waals surface area contributed by atoms with Crippen LogP contribution in [0, 0.1) is 5.92 Å². The van der Waals surface area contributed by atoms with E-state index in [1.165, 1.54) is 31.5 Å². The smallest absolute Gasteiger partial charge is 0.0991 e. The summed E-state index contributed by atoms with van der Waals surface area (Å²) in [7, 11) is 2.22. The predicted octanol–water partition coefficient (Wildman–Crippen LogP) is 2.30. The molecule has 2 aromatic rings. The molecule has 1 atom stereocenters. The van der Waals surface area contributed by atoms with Crippen molar-refractivity contribution < 1.29 is 0 Å². The molecule has 1 N–H and O–H groups in total. The number of rotatable bonds is 5. The second-order valence-electron chi connectivity index (χ2n) is 6.04. The van der Waals surface area contributed by atoms with E-state index in [9.17, 15) is 0 Å². The number of nitrogens with zero attached hydrogens (tertiary/aromatic N) is 3. The number of imidazole rings is 1. The average Bonchev–Trinajstić information content (AvgIpc) is 3.02. The van der Waals surface area contributed by atoms with Crippen LogP contribution in [0.1, 0.15) is 18.4 Å². The quantitative estimate of drug-likeness (QED) is 0.914. The van der Waals surface area contributed by atoms with Gasteiger partial charge in [0, 0.05) is 31.2 Å². The van der Waals surface area contributed by atoms with Crippen molar-refractivity contribution in [3.8, 4) is 5.69 Å². The third kappa shape index (κ3) is 3.93. The lowest BCUT2D eigenvalue weighted by Gasteiger charge is -2.29. The van der Waals surface area contributed by atoms with E-state index < -0.39 is 0 Å². The lowest BCUT2D eigenvalue weighted by molar-refractivity contribution is 0.206. The van der Waals surface area contributed by atoms with Gasteiger partial charge in [0.25, 0.3) is 0 Å². The van der Waals surface area contributed by atoms with Gasteiger partial charge in [0.15, 0.2) is 0 Å². The minimum absolute atomic E-state index is 0.800. The number of benzene rings is 1. The van der Waals surface area contributed by atoms with Crippen LogP contribution >= 0.6 is 0 Å². The fourth-order valence-electron chi connectivity index (χ4n) is 3.06. The Balaban J connectivity index is 1.47. The largest absolute Gasteiger partial charge is 0.312 e. The molecule has 2 heterocycles. The summed E-state index contributed by atoms with van der Waals surface area (Å²) in [5.41, 5.74) is 2.49. The fraction of sp³-hybridized carbons (Fsp3) is 0.471. The summed E-state index contributed by atoms with van der Waals surface area (Å²) in [5.74, 6) is 0.800. The third-order valence-electron chi connectivity index (χ3n) is 4.22. The molecule has 1 aromatic heterocycles. The molecule has 0 radical (unpaired) electrons. The second kappa shape index (κ2) is 6.87. The number of piperidine rings is 1. The highest BCUT2D eigenvalue weighted by Gasteiger charge is 2.16. The van der Waals surface area contributed by atoms with Gasteiger partial charge in [-0.2, -0.15) is 0 Å². The van der Waals surface area contributed by atoms with Gasteiger partial charge >= 0.3 is 0 Å². The molecule has 0 bridgehead atoms. The van der Waals surface area contributed by atoms with Gasteiger partial charge in [0.1, 0.15) is 0 Å². The van der Waals surface area contributed by atoms with Gasteiger partial charge in [-0.15, -0.1) is 0 Å². The monoisotopic (exact) mass is 284 g/mol. The maximum atomic E-state index is 4.08. The molecule has 1 aliphatic heterocycles. The van der Waals surface area contributed by atoms with Gasteiger partial charge < -0.3 is 14.8 Å². The molecule has 1 fully saturated rings. The van der Waals surface area contributed by atoms with Crippen LogP contribution in [0.2, 0.25) is 0 Å². The first-order valence-electron chi connectivity index (χ1n) is 7.78. The van der Waals surface area contributed by atoms with Crippen molar-refractivity contribution in [2.45, 2.75) is 19.4 Å². The Morgan fingerprint density at radius 3 is 2.86 bits per heavy atom. The molecule has 0 amide bonds. The molecule has 1 aromatic carbocycles. The molecule has 4 heteroatoms. The third-order valence-corrected chi connectivity index (χ3v) is 4.22. The first kappa shape index (κ1) is 14.3. The average molecular weight is 284 g/mol. The van der Waals surface area contributed by atoms with Gasteiger partial charge in [0.05, 0.1) is 6.33 Å². The molecule has 4 nitrogen and oxygen atoms in total. The van der Waals surface area contributed by atoms with Crippen LogP contribution in [0.5, 0.6) is 0 Å². The second-order valence-corrected chi connectivity index (χ2v) is 6.04. The summed E-state index contributed by atoms with van der Waals surface area (Å²) in [6.45, 7) is 4.55. The first-order valence-corrected chi connectivity index (χ1v) is 7.78. The molecule has 1 saturated heterocycles.